The zero-order valence-corrected chi connectivity index (χ0v) is 15.0. The molecule has 0 N–H and O–H groups in total. The number of halogens is 1. The van der Waals surface area contributed by atoms with Crippen molar-refractivity contribution in [2.75, 3.05) is 0 Å². The number of Topliss-reactive ketones (excluding diaryl/α,β-unsaturated/α-hetero) is 1. The van der Waals surface area contributed by atoms with E-state index < -0.39 is 0 Å². The van der Waals surface area contributed by atoms with Gasteiger partial charge in [0, 0.05) is 10.9 Å². The number of hydrogen-bond donors (Lipinski definition) is 0. The Balaban J connectivity index is 1.83. The number of furan rings is 1. The van der Waals surface area contributed by atoms with Crippen molar-refractivity contribution in [3.8, 4) is 0 Å². The number of hydrogen-bond acceptors (Lipinski definition) is 2. The predicted octanol–water partition coefficient (Wildman–Crippen LogP) is 5.92. The van der Waals surface area contributed by atoms with Crippen molar-refractivity contribution in [3.63, 3.8) is 0 Å². The van der Waals surface area contributed by atoms with Crippen molar-refractivity contribution in [2.45, 2.75) is 31.6 Å². The molecule has 0 unspecified atom stereocenters. The lowest BCUT2D eigenvalue weighted by Gasteiger charge is -2.16. The van der Waals surface area contributed by atoms with Crippen LogP contribution in [0.2, 0.25) is 5.02 Å². The van der Waals surface area contributed by atoms with Gasteiger partial charge in [0.1, 0.15) is 11.5 Å². The number of benzene rings is 2. The van der Waals surface area contributed by atoms with Crippen molar-refractivity contribution >= 4 is 17.4 Å². The molecule has 126 valence electrons. The summed E-state index contributed by atoms with van der Waals surface area (Å²) in [6.07, 6.45) is 0.961. The number of ketones is 1. The van der Waals surface area contributed by atoms with Gasteiger partial charge in [-0.25, -0.2) is 0 Å². The lowest BCUT2D eigenvalue weighted by atomic mass is 9.88. The van der Waals surface area contributed by atoms with Crippen LogP contribution in [0.1, 0.15) is 52.3 Å². The molecular weight excluding hydrogens is 332 g/mol. The Hall–Kier alpha value is -2.32. The summed E-state index contributed by atoms with van der Waals surface area (Å²) in [4.78, 5) is 11.9. The molecule has 4 rings (SSSR count). The first-order valence-corrected chi connectivity index (χ1v) is 8.83. The molecule has 0 saturated heterocycles. The van der Waals surface area contributed by atoms with Gasteiger partial charge in [0.2, 0.25) is 0 Å². The molecule has 3 aromatic rings. The maximum atomic E-state index is 11.9. The van der Waals surface area contributed by atoms with E-state index in [2.05, 4.69) is 36.4 Å². The van der Waals surface area contributed by atoms with Crippen molar-refractivity contribution in [1.29, 1.82) is 0 Å². The van der Waals surface area contributed by atoms with Gasteiger partial charge in [-0.2, -0.15) is 0 Å². The molecule has 0 radical (unpaired) electrons. The highest BCUT2D eigenvalue weighted by Gasteiger charge is 2.59. The van der Waals surface area contributed by atoms with Gasteiger partial charge >= 0.3 is 0 Å². The highest BCUT2D eigenvalue weighted by atomic mass is 35.5. The summed E-state index contributed by atoms with van der Waals surface area (Å²) in [7, 11) is 0. The maximum Gasteiger partial charge on any atom is 0.163 e. The van der Waals surface area contributed by atoms with Gasteiger partial charge in [0.05, 0.1) is 11.0 Å². The summed E-state index contributed by atoms with van der Waals surface area (Å²) in [5.41, 5.74) is 2.92. The smallest absolute Gasteiger partial charge is 0.163 e. The van der Waals surface area contributed by atoms with E-state index in [4.69, 9.17) is 16.0 Å². The standard InChI is InChI=1S/C22H19ClO2/c1-14(24)19-12-21(25-15(19)2)22(17-6-4-3-5-7-17)13-20(22)16-8-10-18(23)11-9-16/h3-12,20H,13H2,1-2H3/t20-,22-/m0/s1. The molecule has 0 bridgehead atoms. The Morgan fingerprint density at radius 3 is 2.40 bits per heavy atom. The van der Waals surface area contributed by atoms with Crippen molar-refractivity contribution in [2.24, 2.45) is 0 Å². The van der Waals surface area contributed by atoms with E-state index >= 15 is 0 Å². The second kappa shape index (κ2) is 5.89. The van der Waals surface area contributed by atoms with Gasteiger partial charge in [-0.05, 0) is 49.6 Å². The van der Waals surface area contributed by atoms with Gasteiger partial charge < -0.3 is 4.42 Å². The summed E-state index contributed by atoms with van der Waals surface area (Å²) in [5, 5.41) is 0.738. The lowest BCUT2D eigenvalue weighted by Crippen LogP contribution is -2.11. The van der Waals surface area contributed by atoms with Crippen LogP contribution in [-0.4, -0.2) is 5.78 Å². The van der Waals surface area contributed by atoms with Crippen LogP contribution in [0, 0.1) is 6.92 Å². The second-order valence-corrected chi connectivity index (χ2v) is 7.22. The minimum absolute atomic E-state index is 0.0411. The predicted molar refractivity (Wildman–Crippen MR) is 99.5 cm³/mol. The van der Waals surface area contributed by atoms with E-state index in [9.17, 15) is 4.79 Å². The molecule has 1 fully saturated rings. The van der Waals surface area contributed by atoms with Crippen LogP contribution in [-0.2, 0) is 5.41 Å². The van der Waals surface area contributed by atoms with Crippen LogP contribution in [0.4, 0.5) is 0 Å². The average molecular weight is 351 g/mol. The van der Waals surface area contributed by atoms with Crippen molar-refractivity contribution in [3.05, 3.63) is 93.9 Å². The normalized spacial score (nSPS) is 22.0. The molecule has 1 aromatic heterocycles. The van der Waals surface area contributed by atoms with Crippen LogP contribution in [0.3, 0.4) is 0 Å². The highest BCUT2D eigenvalue weighted by Crippen LogP contribution is 2.64. The molecule has 2 nitrogen and oxygen atoms in total. The minimum Gasteiger partial charge on any atom is -0.465 e. The minimum atomic E-state index is -0.215. The first-order chi connectivity index (χ1) is 12.0. The molecule has 2 aromatic carbocycles. The lowest BCUT2D eigenvalue weighted by molar-refractivity contribution is 0.101. The first kappa shape index (κ1) is 16.2. The fourth-order valence-corrected chi connectivity index (χ4v) is 4.01. The van der Waals surface area contributed by atoms with Gasteiger partial charge in [-0.15, -0.1) is 0 Å². The molecule has 0 amide bonds. The third-order valence-electron chi connectivity index (χ3n) is 5.26. The quantitative estimate of drug-likeness (QED) is 0.547. The van der Waals surface area contributed by atoms with Gasteiger partial charge in [-0.1, -0.05) is 54.1 Å². The SMILES string of the molecule is CC(=O)c1cc([C@]2(c3ccccc3)C[C@H]2c2ccc(Cl)cc2)oc1C. The Labute approximate surface area is 152 Å². The molecular formula is C22H19ClO2. The number of carbonyl (C=O) groups is 1. The number of carbonyl (C=O) groups excluding carboxylic acids is 1. The average Bonchev–Trinajstić information content (AvgIpc) is 3.24. The van der Waals surface area contributed by atoms with Crippen LogP contribution in [0.15, 0.2) is 65.1 Å². The van der Waals surface area contributed by atoms with Crippen LogP contribution < -0.4 is 0 Å². The highest BCUT2D eigenvalue weighted by molar-refractivity contribution is 6.30. The summed E-state index contributed by atoms with van der Waals surface area (Å²) in [6, 6.07) is 20.4. The summed E-state index contributed by atoms with van der Waals surface area (Å²) in [6.45, 7) is 3.44. The Bertz CT molecular complexity index is 924. The van der Waals surface area contributed by atoms with E-state index in [0.29, 0.717) is 17.2 Å². The third kappa shape index (κ3) is 2.61. The van der Waals surface area contributed by atoms with Crippen LogP contribution >= 0.6 is 11.6 Å². The number of aryl methyl sites for hydroxylation is 1. The van der Waals surface area contributed by atoms with E-state index in [1.54, 1.807) is 6.92 Å². The topological polar surface area (TPSA) is 30.2 Å². The van der Waals surface area contributed by atoms with Gasteiger partial charge in [-0.3, -0.25) is 4.79 Å². The third-order valence-corrected chi connectivity index (χ3v) is 5.51. The van der Waals surface area contributed by atoms with E-state index in [-0.39, 0.29) is 11.2 Å². The fraction of sp³-hybridized carbons (Fsp3) is 0.227. The first-order valence-electron chi connectivity index (χ1n) is 8.45. The number of rotatable bonds is 4. The molecule has 3 heteroatoms. The maximum absolute atomic E-state index is 11.9. The van der Waals surface area contributed by atoms with E-state index in [0.717, 1.165) is 17.2 Å². The molecule has 2 atom stereocenters. The monoisotopic (exact) mass is 350 g/mol. The van der Waals surface area contributed by atoms with Crippen molar-refractivity contribution in [1.82, 2.24) is 0 Å². The van der Waals surface area contributed by atoms with Crippen molar-refractivity contribution < 1.29 is 9.21 Å². The van der Waals surface area contributed by atoms with E-state index in [1.165, 1.54) is 11.1 Å². The van der Waals surface area contributed by atoms with Gasteiger partial charge in [0.15, 0.2) is 5.78 Å². The zero-order chi connectivity index (χ0) is 17.6. The molecule has 1 aliphatic rings. The van der Waals surface area contributed by atoms with E-state index in [1.807, 2.05) is 31.2 Å². The molecule has 1 saturated carbocycles. The molecule has 0 aliphatic heterocycles. The summed E-state index contributed by atoms with van der Waals surface area (Å²) in [5.74, 6) is 1.93. The van der Waals surface area contributed by atoms with Gasteiger partial charge in [0.25, 0.3) is 0 Å². The second-order valence-electron chi connectivity index (χ2n) is 6.78. The Morgan fingerprint density at radius 2 is 1.80 bits per heavy atom. The Morgan fingerprint density at radius 1 is 1.12 bits per heavy atom. The largest absolute Gasteiger partial charge is 0.465 e. The molecule has 0 spiro atoms. The molecule has 1 heterocycles. The zero-order valence-electron chi connectivity index (χ0n) is 14.3. The summed E-state index contributed by atoms with van der Waals surface area (Å²) >= 11 is 6.04. The van der Waals surface area contributed by atoms with Crippen LogP contribution in [0.5, 0.6) is 0 Å². The molecule has 1 aliphatic carbocycles. The fourth-order valence-electron chi connectivity index (χ4n) is 3.88. The Kier molecular flexibility index (Phi) is 3.81. The van der Waals surface area contributed by atoms with Crippen LogP contribution in [0.25, 0.3) is 0 Å². The molecule has 25 heavy (non-hydrogen) atoms. The summed E-state index contributed by atoms with van der Waals surface area (Å²) < 4.78 is 6.09.